The second-order valence-corrected chi connectivity index (χ2v) is 8.52. The Morgan fingerprint density at radius 2 is 1.79 bits per heavy atom. The minimum absolute atomic E-state index is 0.00212. The molecule has 2 aromatic rings. The first-order chi connectivity index (χ1) is 16.4. The summed E-state index contributed by atoms with van der Waals surface area (Å²) in [5.74, 6) is -2.44. The highest BCUT2D eigenvalue weighted by atomic mass is 19.1. The van der Waals surface area contributed by atoms with E-state index in [2.05, 4.69) is 5.32 Å². The molecular weight excluding hydrogens is 444 g/mol. The molecule has 1 atom stereocenters. The lowest BCUT2D eigenvalue weighted by Gasteiger charge is -2.44. The molecular formula is C25H27F2N3O4. The summed E-state index contributed by atoms with van der Waals surface area (Å²) in [7, 11) is 0. The van der Waals surface area contributed by atoms with Crippen molar-refractivity contribution in [3.8, 4) is 0 Å². The zero-order chi connectivity index (χ0) is 24.3. The van der Waals surface area contributed by atoms with Gasteiger partial charge in [-0.3, -0.25) is 19.3 Å². The Morgan fingerprint density at radius 3 is 2.47 bits per heavy atom. The third-order valence-electron chi connectivity index (χ3n) is 6.34. The standard InChI is InChI=1S/C25H27F2N3O4/c1-2-12-28-22(31)21-16-34-25(30(21)23(32)17-6-5-7-18(26)15-17)10-13-29(14-11-25)24(33)19-8-3-4-9-20(19)27/h3-9,15,21H,2,10-14,16H2,1H3,(H,28,31)/t21-/m1/s1. The van der Waals surface area contributed by atoms with Gasteiger partial charge >= 0.3 is 0 Å². The van der Waals surface area contributed by atoms with Crippen LogP contribution in [0.15, 0.2) is 48.5 Å². The average Bonchev–Trinajstić information content (AvgIpc) is 3.21. The highest BCUT2D eigenvalue weighted by Crippen LogP contribution is 2.39. The fraction of sp³-hybridized carbons (Fsp3) is 0.400. The van der Waals surface area contributed by atoms with Crippen LogP contribution < -0.4 is 5.32 Å². The number of nitrogens with one attached hydrogen (secondary N) is 1. The molecule has 2 fully saturated rings. The summed E-state index contributed by atoms with van der Waals surface area (Å²) in [6.07, 6.45) is 1.22. The number of likely N-dealkylation sites (tertiary alicyclic amines) is 1. The average molecular weight is 472 g/mol. The molecule has 0 saturated carbocycles. The second kappa shape index (κ2) is 9.89. The van der Waals surface area contributed by atoms with E-state index in [-0.39, 0.29) is 49.6 Å². The Kier molecular flexibility index (Phi) is 6.92. The monoisotopic (exact) mass is 471 g/mol. The number of ether oxygens (including phenoxy) is 1. The third-order valence-corrected chi connectivity index (χ3v) is 6.34. The van der Waals surface area contributed by atoms with E-state index in [0.29, 0.717) is 6.54 Å². The van der Waals surface area contributed by atoms with Crippen molar-refractivity contribution >= 4 is 17.7 Å². The zero-order valence-electron chi connectivity index (χ0n) is 18.9. The Bertz CT molecular complexity index is 1090. The molecule has 7 nitrogen and oxygen atoms in total. The predicted molar refractivity (Wildman–Crippen MR) is 120 cm³/mol. The number of hydrogen-bond acceptors (Lipinski definition) is 4. The van der Waals surface area contributed by atoms with Crippen molar-refractivity contribution in [2.45, 2.75) is 38.0 Å². The number of rotatable bonds is 5. The molecule has 9 heteroatoms. The molecule has 34 heavy (non-hydrogen) atoms. The van der Waals surface area contributed by atoms with Crippen LogP contribution in [-0.2, 0) is 9.53 Å². The van der Waals surface area contributed by atoms with E-state index in [1.165, 1.54) is 46.2 Å². The van der Waals surface area contributed by atoms with Crippen LogP contribution in [0, 0.1) is 11.6 Å². The van der Waals surface area contributed by atoms with Gasteiger partial charge < -0.3 is 15.0 Å². The van der Waals surface area contributed by atoms with E-state index in [1.807, 2.05) is 6.92 Å². The van der Waals surface area contributed by atoms with Crippen LogP contribution in [0.4, 0.5) is 8.78 Å². The first kappa shape index (κ1) is 23.8. The zero-order valence-corrected chi connectivity index (χ0v) is 18.9. The van der Waals surface area contributed by atoms with Crippen LogP contribution in [0.2, 0.25) is 0 Å². The van der Waals surface area contributed by atoms with Crippen LogP contribution in [-0.4, -0.2) is 65.5 Å². The maximum atomic E-state index is 14.1. The van der Waals surface area contributed by atoms with E-state index >= 15 is 0 Å². The number of carbonyl (C=O) groups is 3. The van der Waals surface area contributed by atoms with Gasteiger partial charge in [-0.25, -0.2) is 8.78 Å². The van der Waals surface area contributed by atoms with Crippen molar-refractivity contribution in [2.24, 2.45) is 0 Å². The molecule has 0 unspecified atom stereocenters. The third kappa shape index (κ3) is 4.52. The number of nitrogens with zero attached hydrogens (tertiary/aromatic N) is 2. The Hall–Kier alpha value is -3.33. The van der Waals surface area contributed by atoms with Crippen molar-refractivity contribution in [3.63, 3.8) is 0 Å². The van der Waals surface area contributed by atoms with Crippen molar-refractivity contribution in [3.05, 3.63) is 71.3 Å². The molecule has 180 valence electrons. The van der Waals surface area contributed by atoms with Gasteiger partial charge in [0.15, 0.2) is 0 Å². The molecule has 2 heterocycles. The van der Waals surface area contributed by atoms with Gasteiger partial charge in [-0.2, -0.15) is 0 Å². The van der Waals surface area contributed by atoms with Crippen molar-refractivity contribution in [2.75, 3.05) is 26.2 Å². The predicted octanol–water partition coefficient (Wildman–Crippen LogP) is 2.96. The summed E-state index contributed by atoms with van der Waals surface area (Å²) in [6.45, 7) is 2.80. The molecule has 0 bridgehead atoms. The van der Waals surface area contributed by atoms with E-state index in [4.69, 9.17) is 4.74 Å². The number of piperidine rings is 1. The minimum Gasteiger partial charge on any atom is -0.354 e. The van der Waals surface area contributed by atoms with Crippen LogP contribution in [0.1, 0.15) is 46.9 Å². The fourth-order valence-electron chi connectivity index (χ4n) is 4.56. The molecule has 4 rings (SSSR count). The smallest absolute Gasteiger partial charge is 0.256 e. The summed E-state index contributed by atoms with van der Waals surface area (Å²) in [5, 5.41) is 2.81. The maximum Gasteiger partial charge on any atom is 0.256 e. The quantitative estimate of drug-likeness (QED) is 0.727. The van der Waals surface area contributed by atoms with Gasteiger partial charge in [-0.05, 0) is 36.8 Å². The number of hydrogen-bond donors (Lipinski definition) is 1. The topological polar surface area (TPSA) is 79.0 Å². The normalized spacial score (nSPS) is 19.3. The van der Waals surface area contributed by atoms with Crippen LogP contribution >= 0.6 is 0 Å². The summed E-state index contributed by atoms with van der Waals surface area (Å²) < 4.78 is 34.0. The SMILES string of the molecule is CCCNC(=O)[C@H]1COC2(CCN(C(=O)c3ccccc3F)CC2)N1C(=O)c1cccc(F)c1. The number of benzene rings is 2. The lowest BCUT2D eigenvalue weighted by atomic mass is 9.96. The molecule has 0 aliphatic carbocycles. The highest BCUT2D eigenvalue weighted by Gasteiger charge is 2.54. The first-order valence-electron chi connectivity index (χ1n) is 11.4. The summed E-state index contributed by atoms with van der Waals surface area (Å²) >= 11 is 0. The van der Waals surface area contributed by atoms with Crippen LogP contribution in [0.25, 0.3) is 0 Å². The van der Waals surface area contributed by atoms with Gasteiger partial charge in [0.1, 0.15) is 23.4 Å². The molecule has 0 radical (unpaired) electrons. The molecule has 0 aromatic heterocycles. The molecule has 2 saturated heterocycles. The molecule has 1 N–H and O–H groups in total. The highest BCUT2D eigenvalue weighted by molar-refractivity contribution is 5.98. The van der Waals surface area contributed by atoms with Gasteiger partial charge in [0.25, 0.3) is 11.8 Å². The molecule has 2 aliphatic rings. The van der Waals surface area contributed by atoms with E-state index in [0.717, 1.165) is 12.5 Å². The van der Waals surface area contributed by atoms with Crippen molar-refractivity contribution in [1.29, 1.82) is 0 Å². The summed E-state index contributed by atoms with van der Waals surface area (Å²) in [5.41, 5.74) is -1.03. The van der Waals surface area contributed by atoms with E-state index < -0.39 is 35.2 Å². The Morgan fingerprint density at radius 1 is 1.06 bits per heavy atom. The minimum atomic E-state index is -1.12. The summed E-state index contributed by atoms with van der Waals surface area (Å²) in [4.78, 5) is 42.1. The lowest BCUT2D eigenvalue weighted by Crippen LogP contribution is -2.59. The Labute approximate surface area is 196 Å². The van der Waals surface area contributed by atoms with Crippen LogP contribution in [0.5, 0.6) is 0 Å². The van der Waals surface area contributed by atoms with Crippen molar-refractivity contribution < 1.29 is 27.9 Å². The fourth-order valence-corrected chi connectivity index (χ4v) is 4.56. The Balaban J connectivity index is 1.58. The first-order valence-corrected chi connectivity index (χ1v) is 11.4. The molecule has 3 amide bonds. The molecule has 2 aliphatic heterocycles. The largest absolute Gasteiger partial charge is 0.354 e. The maximum absolute atomic E-state index is 14.1. The molecule has 2 aromatic carbocycles. The van der Waals surface area contributed by atoms with Gasteiger partial charge in [-0.1, -0.05) is 25.1 Å². The lowest BCUT2D eigenvalue weighted by molar-refractivity contribution is -0.128. The number of amides is 3. The van der Waals surface area contributed by atoms with Gasteiger partial charge in [0, 0.05) is 38.0 Å². The molecule has 1 spiro atoms. The number of halogens is 2. The number of carbonyl (C=O) groups excluding carboxylic acids is 3. The van der Waals surface area contributed by atoms with E-state index in [1.54, 1.807) is 6.07 Å². The van der Waals surface area contributed by atoms with Crippen molar-refractivity contribution in [1.82, 2.24) is 15.1 Å². The van der Waals surface area contributed by atoms with Crippen LogP contribution in [0.3, 0.4) is 0 Å². The second-order valence-electron chi connectivity index (χ2n) is 8.52. The summed E-state index contributed by atoms with van der Waals surface area (Å²) in [6, 6.07) is 10.2. The van der Waals surface area contributed by atoms with Gasteiger partial charge in [-0.15, -0.1) is 0 Å². The van der Waals surface area contributed by atoms with Gasteiger partial charge in [0.05, 0.1) is 12.2 Å². The van der Waals surface area contributed by atoms with Gasteiger partial charge in [0.2, 0.25) is 5.91 Å². The van der Waals surface area contributed by atoms with E-state index in [9.17, 15) is 23.2 Å².